The Hall–Kier alpha value is -0.760. The molecule has 3 saturated carbocycles. The summed E-state index contributed by atoms with van der Waals surface area (Å²) in [4.78, 5) is 0. The minimum atomic E-state index is 0.405. The number of allylic oxidation sites excluding steroid dienone is 3. The maximum absolute atomic E-state index is 9.98. The first-order valence-corrected chi connectivity index (χ1v) is 10.1. The van der Waals surface area contributed by atoms with Gasteiger partial charge in [-0.05, 0) is 85.0 Å². The lowest BCUT2D eigenvalue weighted by atomic mass is 9.48. The van der Waals surface area contributed by atoms with Crippen LogP contribution >= 0.6 is 0 Å². The van der Waals surface area contributed by atoms with Gasteiger partial charge in [0.1, 0.15) is 0 Å². The van der Waals surface area contributed by atoms with E-state index in [1.807, 2.05) is 7.11 Å². The molecule has 5 aliphatic rings. The number of hydrogen-bond donors (Lipinski definition) is 1. The van der Waals surface area contributed by atoms with Crippen molar-refractivity contribution in [1.29, 1.82) is 0 Å². The molecule has 0 saturated heterocycles. The minimum Gasteiger partial charge on any atom is -0.501 e. The lowest BCUT2D eigenvalue weighted by molar-refractivity contribution is -0.0562. The molecular weight excluding hydrogens is 296 g/mol. The molecule has 24 heavy (non-hydrogen) atoms. The third-order valence-corrected chi connectivity index (χ3v) is 9.19. The molecule has 0 radical (unpaired) electrons. The first kappa shape index (κ1) is 15.5. The Balaban J connectivity index is 1.52. The van der Waals surface area contributed by atoms with Crippen LogP contribution in [0, 0.1) is 40.4 Å². The van der Waals surface area contributed by atoms with Crippen LogP contribution in [0.1, 0.15) is 58.8 Å². The monoisotopic (exact) mass is 328 g/mol. The summed E-state index contributed by atoms with van der Waals surface area (Å²) >= 11 is 0. The van der Waals surface area contributed by atoms with Crippen molar-refractivity contribution in [2.75, 3.05) is 13.7 Å². The van der Waals surface area contributed by atoms with Gasteiger partial charge in [0.25, 0.3) is 0 Å². The highest BCUT2D eigenvalue weighted by Crippen LogP contribution is 2.83. The Kier molecular flexibility index (Phi) is 3.16. The largest absolute Gasteiger partial charge is 0.501 e. The molecule has 2 nitrogen and oxygen atoms in total. The van der Waals surface area contributed by atoms with Gasteiger partial charge >= 0.3 is 0 Å². The highest BCUT2D eigenvalue weighted by atomic mass is 16.5. The van der Waals surface area contributed by atoms with Crippen LogP contribution in [0.4, 0.5) is 0 Å². The number of hydrogen-bond acceptors (Lipinski definition) is 2. The molecular formula is C22H32O2. The van der Waals surface area contributed by atoms with E-state index in [0.29, 0.717) is 23.4 Å². The fraction of sp³-hybridized carbons (Fsp3) is 0.818. The molecule has 0 amide bonds. The summed E-state index contributed by atoms with van der Waals surface area (Å²) in [5.74, 6) is 5.13. The van der Waals surface area contributed by atoms with Crippen LogP contribution in [0.2, 0.25) is 0 Å². The molecule has 2 heteroatoms. The topological polar surface area (TPSA) is 29.5 Å². The zero-order chi connectivity index (χ0) is 16.7. The SMILES string of the molecule is COC1=CCC2=C(C1)C[C@@H](C)[C@@H]1[C@@H]2CC[C@]2(C)[C@@H](CO)C[C@H]3C[C@@]312. The third-order valence-electron chi connectivity index (χ3n) is 9.19. The van der Waals surface area contributed by atoms with Crippen LogP contribution in [0.3, 0.4) is 0 Å². The Labute approximate surface area is 146 Å². The smallest absolute Gasteiger partial charge is 0.0959 e. The van der Waals surface area contributed by atoms with Crippen LogP contribution in [-0.4, -0.2) is 18.8 Å². The van der Waals surface area contributed by atoms with Crippen LogP contribution in [0.5, 0.6) is 0 Å². The van der Waals surface area contributed by atoms with Crippen molar-refractivity contribution in [3.05, 3.63) is 23.0 Å². The van der Waals surface area contributed by atoms with Gasteiger partial charge in [0.15, 0.2) is 0 Å². The standard InChI is InChI=1S/C22H32O2/c1-13-8-14-9-17(24-3)4-5-18(14)19-6-7-21(2)16(12-23)10-15-11-22(15,21)20(13)19/h4,13,15-16,19-20,23H,5-12H2,1-3H3/t13-,15+,16-,19-,20-,21-,22-/m1/s1. The lowest BCUT2D eigenvalue weighted by Crippen LogP contribution is -2.50. The average molecular weight is 328 g/mol. The predicted octanol–water partition coefficient (Wildman–Crippen LogP) is 4.70. The summed E-state index contributed by atoms with van der Waals surface area (Å²) in [6.07, 6.45) is 11.2. The van der Waals surface area contributed by atoms with E-state index >= 15 is 0 Å². The highest BCUT2D eigenvalue weighted by Gasteiger charge is 2.77. The molecule has 1 spiro atoms. The minimum absolute atomic E-state index is 0.405. The summed E-state index contributed by atoms with van der Waals surface area (Å²) in [5, 5.41) is 9.98. The zero-order valence-electron chi connectivity index (χ0n) is 15.5. The van der Waals surface area contributed by atoms with Crippen molar-refractivity contribution in [1.82, 2.24) is 0 Å². The van der Waals surface area contributed by atoms with E-state index in [1.165, 1.54) is 37.9 Å². The van der Waals surface area contributed by atoms with Crippen molar-refractivity contribution in [2.24, 2.45) is 40.4 Å². The van der Waals surface area contributed by atoms with E-state index in [-0.39, 0.29) is 0 Å². The van der Waals surface area contributed by atoms with Gasteiger partial charge in [-0.15, -0.1) is 0 Å². The second-order valence-electron chi connectivity index (χ2n) is 9.71. The molecule has 7 atom stereocenters. The van der Waals surface area contributed by atoms with Crippen LogP contribution < -0.4 is 0 Å². The highest BCUT2D eigenvalue weighted by molar-refractivity contribution is 5.36. The second-order valence-corrected chi connectivity index (χ2v) is 9.71. The van der Waals surface area contributed by atoms with Gasteiger partial charge < -0.3 is 9.84 Å². The van der Waals surface area contributed by atoms with Gasteiger partial charge in [-0.3, -0.25) is 0 Å². The lowest BCUT2D eigenvalue weighted by Gasteiger charge is -2.56. The zero-order valence-corrected chi connectivity index (χ0v) is 15.5. The normalized spacial score (nSPS) is 52.0. The average Bonchev–Trinajstić information content (AvgIpc) is 3.24. The van der Waals surface area contributed by atoms with Crippen molar-refractivity contribution < 1.29 is 9.84 Å². The summed E-state index contributed by atoms with van der Waals surface area (Å²) in [7, 11) is 1.82. The second kappa shape index (κ2) is 4.90. The van der Waals surface area contributed by atoms with Crippen LogP contribution in [-0.2, 0) is 4.74 Å². The predicted molar refractivity (Wildman–Crippen MR) is 95.2 cm³/mol. The van der Waals surface area contributed by atoms with E-state index in [9.17, 15) is 5.11 Å². The van der Waals surface area contributed by atoms with Crippen LogP contribution in [0.25, 0.3) is 0 Å². The molecule has 0 aromatic heterocycles. The number of fused-ring (bicyclic) bond motifs is 2. The molecule has 1 N–H and O–H groups in total. The van der Waals surface area contributed by atoms with Crippen molar-refractivity contribution in [3.8, 4) is 0 Å². The number of aliphatic hydroxyl groups is 1. The van der Waals surface area contributed by atoms with Gasteiger partial charge in [-0.25, -0.2) is 0 Å². The van der Waals surface area contributed by atoms with Crippen molar-refractivity contribution >= 4 is 0 Å². The molecule has 0 aromatic carbocycles. The van der Waals surface area contributed by atoms with Gasteiger partial charge in [0.05, 0.1) is 12.9 Å². The Morgan fingerprint density at radius 1 is 1.38 bits per heavy atom. The summed E-state index contributed by atoms with van der Waals surface area (Å²) in [6, 6.07) is 0. The van der Waals surface area contributed by atoms with E-state index in [4.69, 9.17) is 4.74 Å². The quantitative estimate of drug-likeness (QED) is 0.745. The van der Waals surface area contributed by atoms with E-state index in [1.54, 1.807) is 11.1 Å². The Morgan fingerprint density at radius 3 is 2.96 bits per heavy atom. The Bertz CT molecular complexity index is 632. The number of aliphatic hydroxyl groups excluding tert-OH is 1. The van der Waals surface area contributed by atoms with Gasteiger partial charge in [-0.2, -0.15) is 0 Å². The fourth-order valence-corrected chi connectivity index (χ4v) is 8.17. The summed E-state index contributed by atoms with van der Waals surface area (Å²) < 4.78 is 5.55. The molecule has 0 unspecified atom stereocenters. The van der Waals surface area contributed by atoms with Crippen molar-refractivity contribution in [3.63, 3.8) is 0 Å². The van der Waals surface area contributed by atoms with Gasteiger partial charge in [0.2, 0.25) is 0 Å². The number of rotatable bonds is 2. The maximum Gasteiger partial charge on any atom is 0.0959 e. The van der Waals surface area contributed by atoms with E-state index in [0.717, 1.165) is 36.5 Å². The van der Waals surface area contributed by atoms with Crippen molar-refractivity contribution in [2.45, 2.75) is 58.8 Å². The molecule has 0 aliphatic heterocycles. The fourth-order valence-electron chi connectivity index (χ4n) is 8.17. The third kappa shape index (κ3) is 1.67. The number of ether oxygens (including phenoxy) is 1. The molecule has 3 fully saturated rings. The molecule has 132 valence electrons. The summed E-state index contributed by atoms with van der Waals surface area (Å²) in [6.45, 7) is 5.47. The maximum atomic E-state index is 9.98. The Morgan fingerprint density at radius 2 is 2.21 bits per heavy atom. The van der Waals surface area contributed by atoms with Gasteiger partial charge in [0, 0.05) is 13.0 Å². The van der Waals surface area contributed by atoms with Gasteiger partial charge in [-0.1, -0.05) is 25.0 Å². The number of methoxy groups -OCH3 is 1. The first-order chi connectivity index (χ1) is 11.5. The molecule has 0 heterocycles. The molecule has 0 bridgehead atoms. The first-order valence-electron chi connectivity index (χ1n) is 10.1. The summed E-state index contributed by atoms with van der Waals surface area (Å²) in [5.41, 5.74) is 4.46. The van der Waals surface area contributed by atoms with E-state index in [2.05, 4.69) is 19.9 Å². The molecule has 0 aromatic rings. The van der Waals surface area contributed by atoms with Crippen LogP contribution in [0.15, 0.2) is 23.0 Å². The molecule has 5 rings (SSSR count). The van der Waals surface area contributed by atoms with E-state index < -0.39 is 0 Å². The molecule has 5 aliphatic carbocycles.